The predicted molar refractivity (Wildman–Crippen MR) is 83.9 cm³/mol. The molecule has 3 N–H and O–H groups in total. The highest BCUT2D eigenvalue weighted by molar-refractivity contribution is 5.75. The van der Waals surface area contributed by atoms with Crippen LogP contribution in [0.15, 0.2) is 0 Å². The van der Waals surface area contributed by atoms with E-state index in [9.17, 15) is 9.90 Å². The van der Waals surface area contributed by atoms with Gasteiger partial charge < -0.3 is 20.5 Å². The van der Waals surface area contributed by atoms with E-state index >= 15 is 0 Å². The smallest absolute Gasteiger partial charge is 0.222 e. The van der Waals surface area contributed by atoms with Crippen molar-refractivity contribution in [1.82, 2.24) is 4.90 Å². The fourth-order valence-electron chi connectivity index (χ4n) is 2.96. The third-order valence-corrected chi connectivity index (χ3v) is 4.59. The zero-order valence-electron chi connectivity index (χ0n) is 13.8. The van der Waals surface area contributed by atoms with Gasteiger partial charge in [0.2, 0.25) is 5.91 Å². The molecule has 0 aliphatic carbocycles. The third kappa shape index (κ3) is 6.32. The Kier molecular flexibility index (Phi) is 7.63. The fourth-order valence-corrected chi connectivity index (χ4v) is 2.96. The van der Waals surface area contributed by atoms with E-state index in [2.05, 4.69) is 13.8 Å². The van der Waals surface area contributed by atoms with Gasteiger partial charge in [0.05, 0.1) is 5.60 Å². The Bertz CT molecular complexity index is 315. The third-order valence-electron chi connectivity index (χ3n) is 4.59. The summed E-state index contributed by atoms with van der Waals surface area (Å²) in [6, 6.07) is 0. The number of ether oxygens (including phenoxy) is 1. The van der Waals surface area contributed by atoms with E-state index in [4.69, 9.17) is 10.5 Å². The molecule has 5 nitrogen and oxygen atoms in total. The highest BCUT2D eigenvalue weighted by Crippen LogP contribution is 2.23. The summed E-state index contributed by atoms with van der Waals surface area (Å²) < 4.78 is 5.26. The lowest BCUT2D eigenvalue weighted by atomic mass is 9.88. The van der Waals surface area contributed by atoms with Gasteiger partial charge in [0.1, 0.15) is 0 Å². The molecule has 0 aromatic rings. The molecule has 1 rings (SSSR count). The molecule has 1 atom stereocenters. The summed E-state index contributed by atoms with van der Waals surface area (Å²) in [5.74, 6) is 1.16. The Morgan fingerprint density at radius 1 is 1.33 bits per heavy atom. The molecule has 0 bridgehead atoms. The van der Waals surface area contributed by atoms with Crippen molar-refractivity contribution in [2.75, 3.05) is 33.4 Å². The highest BCUT2D eigenvalue weighted by Gasteiger charge is 2.32. The molecule has 1 aliphatic rings. The number of carbonyl (C=O) groups excluding carboxylic acids is 1. The van der Waals surface area contributed by atoms with E-state index in [1.807, 2.05) is 0 Å². The van der Waals surface area contributed by atoms with E-state index in [1.165, 1.54) is 0 Å². The van der Waals surface area contributed by atoms with Crippen LogP contribution in [0.25, 0.3) is 0 Å². The Balaban J connectivity index is 2.39. The molecule has 0 aromatic carbocycles. The molecule has 1 amide bonds. The fraction of sp³-hybridized carbons (Fsp3) is 0.938. The van der Waals surface area contributed by atoms with Gasteiger partial charge in [-0.1, -0.05) is 13.8 Å². The topological polar surface area (TPSA) is 75.8 Å². The molecular formula is C16H32N2O3. The number of likely N-dealkylation sites (N-methyl/N-ethyl adjacent to an activating group) is 1. The van der Waals surface area contributed by atoms with Crippen molar-refractivity contribution in [3.8, 4) is 0 Å². The number of hydrogen-bond donors (Lipinski definition) is 2. The molecule has 5 heteroatoms. The van der Waals surface area contributed by atoms with Gasteiger partial charge in [-0.3, -0.25) is 4.79 Å². The first-order chi connectivity index (χ1) is 9.88. The van der Waals surface area contributed by atoms with Gasteiger partial charge >= 0.3 is 0 Å². The Hall–Kier alpha value is -0.650. The average Bonchev–Trinajstić information content (AvgIpc) is 2.43. The number of nitrogens with two attached hydrogens (primary N) is 1. The van der Waals surface area contributed by atoms with Crippen LogP contribution in [-0.2, 0) is 9.53 Å². The lowest BCUT2D eigenvalue weighted by Crippen LogP contribution is -2.47. The summed E-state index contributed by atoms with van der Waals surface area (Å²) >= 11 is 0. The van der Waals surface area contributed by atoms with Crippen molar-refractivity contribution in [3.63, 3.8) is 0 Å². The maximum atomic E-state index is 12.2. The molecule has 0 aromatic heterocycles. The van der Waals surface area contributed by atoms with Crippen LogP contribution in [-0.4, -0.2) is 54.9 Å². The van der Waals surface area contributed by atoms with E-state index in [1.54, 1.807) is 11.9 Å². The van der Waals surface area contributed by atoms with Crippen LogP contribution in [0.2, 0.25) is 0 Å². The first-order valence-electron chi connectivity index (χ1n) is 8.12. The van der Waals surface area contributed by atoms with Gasteiger partial charge in [0.25, 0.3) is 0 Å². The number of carbonyl (C=O) groups is 1. The van der Waals surface area contributed by atoms with Crippen LogP contribution in [0, 0.1) is 11.8 Å². The number of amides is 1. The molecule has 21 heavy (non-hydrogen) atoms. The molecular weight excluding hydrogens is 268 g/mol. The molecule has 1 saturated heterocycles. The minimum absolute atomic E-state index is 0.109. The second kappa shape index (κ2) is 8.71. The normalized spacial score (nSPS) is 19.5. The minimum atomic E-state index is -0.780. The van der Waals surface area contributed by atoms with Gasteiger partial charge in [-0.05, 0) is 31.2 Å². The first-order valence-corrected chi connectivity index (χ1v) is 8.12. The van der Waals surface area contributed by atoms with Crippen LogP contribution in [0.5, 0.6) is 0 Å². The maximum Gasteiger partial charge on any atom is 0.222 e. The Morgan fingerprint density at radius 2 is 1.95 bits per heavy atom. The van der Waals surface area contributed by atoms with Crippen LogP contribution in [0.3, 0.4) is 0 Å². The number of nitrogens with zero attached hydrogens (tertiary/aromatic N) is 1. The second-order valence-electron chi connectivity index (χ2n) is 6.71. The summed E-state index contributed by atoms with van der Waals surface area (Å²) in [5, 5.41) is 10.5. The zero-order chi connectivity index (χ0) is 15.9. The van der Waals surface area contributed by atoms with Gasteiger partial charge in [-0.25, -0.2) is 0 Å². The predicted octanol–water partition coefficient (Wildman–Crippen LogP) is 1.39. The van der Waals surface area contributed by atoms with E-state index in [-0.39, 0.29) is 5.91 Å². The SMILES string of the molecule is CC(C)C(CCN)CCC(=O)N(C)CC1(O)CCOCC1. The van der Waals surface area contributed by atoms with Crippen LogP contribution in [0.4, 0.5) is 0 Å². The molecule has 0 spiro atoms. The van der Waals surface area contributed by atoms with E-state index in [0.29, 0.717) is 57.4 Å². The number of rotatable bonds is 8. The zero-order valence-corrected chi connectivity index (χ0v) is 13.8. The van der Waals surface area contributed by atoms with Crippen molar-refractivity contribution < 1.29 is 14.6 Å². The van der Waals surface area contributed by atoms with Crippen LogP contribution < -0.4 is 5.73 Å². The Morgan fingerprint density at radius 3 is 2.48 bits per heavy atom. The molecule has 0 saturated carbocycles. The van der Waals surface area contributed by atoms with Crippen molar-refractivity contribution in [3.05, 3.63) is 0 Å². The molecule has 1 unspecified atom stereocenters. The van der Waals surface area contributed by atoms with E-state index < -0.39 is 5.60 Å². The molecule has 1 heterocycles. The first kappa shape index (κ1) is 18.4. The summed E-state index contributed by atoms with van der Waals surface area (Å²) in [6.45, 7) is 6.58. The Labute approximate surface area is 128 Å². The summed E-state index contributed by atoms with van der Waals surface area (Å²) in [7, 11) is 1.78. The van der Waals surface area contributed by atoms with Gasteiger partial charge in [0, 0.05) is 46.1 Å². The summed E-state index contributed by atoms with van der Waals surface area (Å²) in [4.78, 5) is 13.9. The number of hydrogen-bond acceptors (Lipinski definition) is 4. The monoisotopic (exact) mass is 300 g/mol. The molecule has 1 aliphatic heterocycles. The van der Waals surface area contributed by atoms with Gasteiger partial charge in [-0.15, -0.1) is 0 Å². The lowest BCUT2D eigenvalue weighted by molar-refractivity contribution is -0.137. The average molecular weight is 300 g/mol. The van der Waals surface area contributed by atoms with Crippen molar-refractivity contribution >= 4 is 5.91 Å². The van der Waals surface area contributed by atoms with Crippen LogP contribution in [0.1, 0.15) is 46.0 Å². The van der Waals surface area contributed by atoms with Crippen molar-refractivity contribution in [1.29, 1.82) is 0 Å². The van der Waals surface area contributed by atoms with Crippen molar-refractivity contribution in [2.24, 2.45) is 17.6 Å². The molecule has 124 valence electrons. The lowest BCUT2D eigenvalue weighted by Gasteiger charge is -2.35. The maximum absolute atomic E-state index is 12.2. The highest BCUT2D eigenvalue weighted by atomic mass is 16.5. The quantitative estimate of drug-likeness (QED) is 0.710. The molecule has 0 radical (unpaired) electrons. The molecule has 1 fully saturated rings. The van der Waals surface area contributed by atoms with Crippen molar-refractivity contribution in [2.45, 2.75) is 51.6 Å². The standard InChI is InChI=1S/C16H32N2O3/c1-13(2)14(6-9-17)4-5-15(19)18(3)12-16(20)7-10-21-11-8-16/h13-14,20H,4-12,17H2,1-3H3. The van der Waals surface area contributed by atoms with Gasteiger partial charge in [0.15, 0.2) is 0 Å². The second-order valence-corrected chi connectivity index (χ2v) is 6.71. The largest absolute Gasteiger partial charge is 0.388 e. The summed E-state index contributed by atoms with van der Waals surface area (Å²) in [6.07, 6.45) is 3.58. The summed E-state index contributed by atoms with van der Waals surface area (Å²) in [5.41, 5.74) is 4.85. The van der Waals surface area contributed by atoms with Gasteiger partial charge in [-0.2, -0.15) is 0 Å². The number of aliphatic hydroxyl groups is 1. The van der Waals surface area contributed by atoms with E-state index in [0.717, 1.165) is 12.8 Å². The minimum Gasteiger partial charge on any atom is -0.388 e. The van der Waals surface area contributed by atoms with Crippen LogP contribution >= 0.6 is 0 Å².